The van der Waals surface area contributed by atoms with Crippen LogP contribution in [-0.4, -0.2) is 73.4 Å². The fourth-order valence-corrected chi connectivity index (χ4v) is 5.05. The molecule has 0 unspecified atom stereocenters. The van der Waals surface area contributed by atoms with E-state index in [4.69, 9.17) is 11.6 Å². The number of benzene rings is 3. The van der Waals surface area contributed by atoms with Gasteiger partial charge in [0.25, 0.3) is 0 Å². The van der Waals surface area contributed by atoms with E-state index in [2.05, 4.69) is 38.3 Å². The molecule has 5 rings (SSSR count). The van der Waals surface area contributed by atoms with E-state index < -0.39 is 0 Å². The molecule has 0 aliphatic carbocycles. The van der Waals surface area contributed by atoms with Crippen LogP contribution in [-0.2, 0) is 0 Å². The summed E-state index contributed by atoms with van der Waals surface area (Å²) in [6, 6.07) is 26.2. The van der Waals surface area contributed by atoms with Gasteiger partial charge in [0.2, 0.25) is 0 Å². The highest BCUT2D eigenvalue weighted by Crippen LogP contribution is 2.17. The second-order valence-electron chi connectivity index (χ2n) is 9.27. The molecule has 2 aliphatic heterocycles. The first-order valence-corrected chi connectivity index (χ1v) is 17.4. The third kappa shape index (κ3) is 19.7. The maximum atomic E-state index is 12.6. The summed E-state index contributed by atoms with van der Waals surface area (Å²) < 4.78 is 18.1. The number of hydrazone groups is 1. The van der Waals surface area contributed by atoms with E-state index in [1.165, 1.54) is 30.5 Å². The van der Waals surface area contributed by atoms with Crippen molar-refractivity contribution in [3.8, 4) is 0 Å². The summed E-state index contributed by atoms with van der Waals surface area (Å²) in [5, 5.41) is 10.3. The monoisotopic (exact) mass is 660 g/mol. The van der Waals surface area contributed by atoms with Crippen LogP contribution in [0.4, 0.5) is 4.39 Å². The van der Waals surface area contributed by atoms with Gasteiger partial charge in [-0.1, -0.05) is 106 Å². The Hall–Kier alpha value is -2.56. The van der Waals surface area contributed by atoms with E-state index in [-0.39, 0.29) is 5.82 Å². The molecule has 0 spiro atoms. The quantitative estimate of drug-likeness (QED) is 0.109. The third-order valence-corrected chi connectivity index (χ3v) is 7.59. The molecular weight excluding hydrogens is 611 g/mol. The number of halogens is 2. The van der Waals surface area contributed by atoms with Crippen LogP contribution in [0.3, 0.4) is 0 Å². The van der Waals surface area contributed by atoms with Crippen LogP contribution in [0.1, 0.15) is 46.1 Å². The SMILES string of the molecule is CC.CCC.CN1CCC(c2ccc(F)cc2)=N1.Clc1ccc(SNC=NCCSN2CCNCC2)cc1.c1ccccc1. The molecule has 1 saturated heterocycles. The molecule has 1 fully saturated rings. The van der Waals surface area contributed by atoms with Crippen LogP contribution in [0.2, 0.25) is 5.02 Å². The van der Waals surface area contributed by atoms with E-state index in [0.29, 0.717) is 0 Å². The molecule has 44 heavy (non-hydrogen) atoms. The van der Waals surface area contributed by atoms with Gasteiger partial charge < -0.3 is 10.0 Å². The van der Waals surface area contributed by atoms with Gasteiger partial charge in [0.15, 0.2) is 0 Å². The average molecular weight is 661 g/mol. The summed E-state index contributed by atoms with van der Waals surface area (Å²) >= 11 is 9.24. The fourth-order valence-electron chi connectivity index (χ4n) is 3.50. The van der Waals surface area contributed by atoms with Crippen LogP contribution in [0.15, 0.2) is 99.9 Å². The molecule has 2 aliphatic rings. The van der Waals surface area contributed by atoms with Crippen molar-refractivity contribution < 1.29 is 4.39 Å². The summed E-state index contributed by atoms with van der Waals surface area (Å²) in [6.45, 7) is 14.5. The minimum absolute atomic E-state index is 0.198. The van der Waals surface area contributed by atoms with Gasteiger partial charge in [-0.3, -0.25) is 10.0 Å². The molecule has 0 saturated carbocycles. The Balaban J connectivity index is 0.000000343. The van der Waals surface area contributed by atoms with Crippen molar-refractivity contribution in [3.05, 3.63) is 101 Å². The number of nitrogens with one attached hydrogen (secondary N) is 2. The van der Waals surface area contributed by atoms with Crippen molar-refractivity contribution in [2.24, 2.45) is 10.1 Å². The Morgan fingerprint density at radius 3 is 2.02 bits per heavy atom. The molecule has 0 aromatic heterocycles. The van der Waals surface area contributed by atoms with Crippen LogP contribution in [0.5, 0.6) is 0 Å². The Morgan fingerprint density at radius 1 is 0.932 bits per heavy atom. The summed E-state index contributed by atoms with van der Waals surface area (Å²) in [7, 11) is 1.94. The van der Waals surface area contributed by atoms with E-state index in [1.807, 2.05) is 98.5 Å². The summed E-state index contributed by atoms with van der Waals surface area (Å²) in [4.78, 5) is 5.46. The van der Waals surface area contributed by atoms with Gasteiger partial charge in [-0.05, 0) is 53.9 Å². The summed E-state index contributed by atoms with van der Waals surface area (Å²) in [5.41, 5.74) is 2.06. The lowest BCUT2D eigenvalue weighted by Gasteiger charge is -2.25. The van der Waals surface area contributed by atoms with Gasteiger partial charge in [-0.25, -0.2) is 8.70 Å². The highest BCUT2D eigenvalue weighted by atomic mass is 35.5. The lowest BCUT2D eigenvalue weighted by atomic mass is 10.1. The molecular formula is C34H50ClFN6S2. The molecule has 3 aromatic rings. The molecule has 10 heteroatoms. The second-order valence-corrected chi connectivity index (χ2v) is 11.8. The van der Waals surface area contributed by atoms with Crippen molar-refractivity contribution in [1.29, 1.82) is 0 Å². The van der Waals surface area contributed by atoms with E-state index in [1.54, 1.807) is 18.5 Å². The first-order chi connectivity index (χ1) is 21.5. The molecule has 2 heterocycles. The maximum absolute atomic E-state index is 12.6. The lowest BCUT2D eigenvalue weighted by Crippen LogP contribution is -2.40. The van der Waals surface area contributed by atoms with Crippen LogP contribution < -0.4 is 10.0 Å². The minimum atomic E-state index is -0.198. The molecule has 2 N–H and O–H groups in total. The van der Waals surface area contributed by atoms with Crippen LogP contribution >= 0.6 is 35.5 Å². The van der Waals surface area contributed by atoms with Crippen molar-refractivity contribution in [1.82, 2.24) is 19.4 Å². The van der Waals surface area contributed by atoms with Crippen LogP contribution in [0, 0.1) is 5.82 Å². The Morgan fingerprint density at radius 2 is 1.50 bits per heavy atom. The second kappa shape index (κ2) is 26.8. The Bertz CT molecular complexity index is 1100. The van der Waals surface area contributed by atoms with Gasteiger partial charge in [-0.2, -0.15) is 5.10 Å². The first kappa shape index (κ1) is 39.5. The lowest BCUT2D eigenvalue weighted by molar-refractivity contribution is 0.393. The van der Waals surface area contributed by atoms with Crippen molar-refractivity contribution in [2.75, 3.05) is 52.1 Å². The zero-order valence-electron chi connectivity index (χ0n) is 26.9. The minimum Gasteiger partial charge on any atom is -0.317 e. The van der Waals surface area contributed by atoms with Gasteiger partial charge in [0.1, 0.15) is 5.82 Å². The molecule has 0 amide bonds. The van der Waals surface area contributed by atoms with Crippen molar-refractivity contribution >= 4 is 47.5 Å². The molecule has 0 radical (unpaired) electrons. The fraction of sp³-hybridized carbons (Fsp3) is 0.412. The predicted molar refractivity (Wildman–Crippen MR) is 195 cm³/mol. The molecule has 0 atom stereocenters. The molecule has 242 valence electrons. The largest absolute Gasteiger partial charge is 0.317 e. The van der Waals surface area contributed by atoms with Crippen molar-refractivity contribution in [2.45, 2.75) is 45.4 Å². The zero-order valence-corrected chi connectivity index (χ0v) is 29.3. The highest BCUT2D eigenvalue weighted by Gasteiger charge is 2.12. The Labute approximate surface area is 279 Å². The average Bonchev–Trinajstić information content (AvgIpc) is 3.51. The number of nitrogens with zero attached hydrogens (tertiary/aromatic N) is 4. The van der Waals surface area contributed by atoms with Crippen molar-refractivity contribution in [3.63, 3.8) is 0 Å². The number of rotatable bonds is 8. The zero-order chi connectivity index (χ0) is 32.3. The van der Waals surface area contributed by atoms with Gasteiger partial charge in [-0.15, -0.1) is 0 Å². The Kier molecular flexibility index (Phi) is 24.0. The van der Waals surface area contributed by atoms with E-state index in [0.717, 1.165) is 72.6 Å². The predicted octanol–water partition coefficient (Wildman–Crippen LogP) is 8.51. The molecule has 6 nitrogen and oxygen atoms in total. The maximum Gasteiger partial charge on any atom is 0.123 e. The summed E-state index contributed by atoms with van der Waals surface area (Å²) in [6.07, 6.45) is 3.96. The highest BCUT2D eigenvalue weighted by molar-refractivity contribution is 7.98. The number of hydrogen-bond donors (Lipinski definition) is 2. The first-order valence-electron chi connectivity index (χ1n) is 15.3. The molecule has 0 bridgehead atoms. The van der Waals surface area contributed by atoms with E-state index in [9.17, 15) is 4.39 Å². The van der Waals surface area contributed by atoms with E-state index >= 15 is 0 Å². The molecule has 3 aromatic carbocycles. The third-order valence-electron chi connectivity index (χ3n) is 5.51. The topological polar surface area (TPSA) is 55.3 Å². The normalized spacial score (nSPS) is 14.0. The summed E-state index contributed by atoms with van der Waals surface area (Å²) in [5.74, 6) is 0.833. The number of aliphatic imine (C=N–C) groups is 1. The van der Waals surface area contributed by atoms with Crippen LogP contribution in [0.25, 0.3) is 0 Å². The number of piperazine rings is 1. The standard InChI is InChI=1S/C13H19ClN4S2.C10H11FN2.C6H6.C3H8.C2H6/c14-12-1-3-13(4-2-12)20-17-11-16-7-10-19-18-8-5-15-6-9-18;1-13-7-6-10(12-13)8-2-4-9(11)5-3-8;1-2-4-6-5-3-1;1-3-2;1-2/h1-4,11,15H,5-10H2,(H,16,17);2-5H,6-7H2,1H3;1-6H;3H2,1-2H3;1-2H3. The van der Waals surface area contributed by atoms with Gasteiger partial charge >= 0.3 is 0 Å². The van der Waals surface area contributed by atoms with Gasteiger partial charge in [0.05, 0.1) is 18.6 Å². The van der Waals surface area contributed by atoms with Gasteiger partial charge in [0, 0.05) is 61.9 Å². The number of hydrogen-bond acceptors (Lipinski definition) is 7. The smallest absolute Gasteiger partial charge is 0.123 e.